The molecule has 1 amide bonds. The van der Waals surface area contributed by atoms with E-state index in [0.29, 0.717) is 13.1 Å². The van der Waals surface area contributed by atoms with Gasteiger partial charge < -0.3 is 26.2 Å². The lowest BCUT2D eigenvalue weighted by Gasteiger charge is -2.46. The Bertz CT molecular complexity index is 646. The summed E-state index contributed by atoms with van der Waals surface area (Å²) in [6.45, 7) is 5.40. The molecule has 3 aliphatic rings. The van der Waals surface area contributed by atoms with Crippen molar-refractivity contribution in [2.24, 2.45) is 17.6 Å². The molecule has 0 radical (unpaired) electrons. The molecule has 4 unspecified atom stereocenters. The van der Waals surface area contributed by atoms with Crippen LogP contribution < -0.4 is 11.1 Å². The summed E-state index contributed by atoms with van der Waals surface area (Å²) in [6, 6.07) is -0.200. The van der Waals surface area contributed by atoms with E-state index >= 15 is 0 Å². The molecule has 0 aromatic carbocycles. The Morgan fingerprint density at radius 2 is 2.20 bits per heavy atom. The van der Waals surface area contributed by atoms with Crippen LogP contribution in [0, 0.1) is 17.2 Å². The number of likely N-dealkylation sites (tertiary alicyclic amines) is 1. The molecule has 0 aromatic rings. The van der Waals surface area contributed by atoms with E-state index in [1.54, 1.807) is 6.92 Å². The second kappa shape index (κ2) is 6.30. The van der Waals surface area contributed by atoms with Crippen molar-refractivity contribution in [1.82, 2.24) is 15.1 Å². The second-order valence-electron chi connectivity index (χ2n) is 7.21. The van der Waals surface area contributed by atoms with Crippen molar-refractivity contribution in [3.63, 3.8) is 0 Å². The maximum absolute atomic E-state index is 12.3. The average molecular weight is 351 g/mol. The summed E-state index contributed by atoms with van der Waals surface area (Å²) in [4.78, 5) is 27.5. The molecule has 2 saturated heterocycles. The van der Waals surface area contributed by atoms with Crippen molar-refractivity contribution >= 4 is 17.8 Å². The SMILES string of the molecule is CC1C(CN2CCC(NC(=N)N)C2)=C(C(=O)O)N2C(=O)C([C@@H](C)O)C12. The van der Waals surface area contributed by atoms with Crippen LogP contribution in [0.5, 0.6) is 0 Å². The van der Waals surface area contributed by atoms with Crippen LogP contribution in [0.3, 0.4) is 0 Å². The number of aliphatic carboxylic acids is 1. The van der Waals surface area contributed by atoms with Crippen molar-refractivity contribution in [2.45, 2.75) is 38.5 Å². The number of hydrogen-bond donors (Lipinski definition) is 5. The summed E-state index contributed by atoms with van der Waals surface area (Å²) >= 11 is 0. The van der Waals surface area contributed by atoms with Crippen LogP contribution in [0.15, 0.2) is 11.3 Å². The lowest BCUT2D eigenvalue weighted by molar-refractivity contribution is -0.163. The van der Waals surface area contributed by atoms with E-state index in [-0.39, 0.29) is 35.6 Å². The summed E-state index contributed by atoms with van der Waals surface area (Å²) in [5, 5.41) is 29.7. The van der Waals surface area contributed by atoms with E-state index in [2.05, 4.69) is 10.2 Å². The molecule has 6 N–H and O–H groups in total. The molecule has 2 fully saturated rings. The number of amides is 1. The Labute approximate surface area is 146 Å². The smallest absolute Gasteiger partial charge is 0.352 e. The number of nitrogens with two attached hydrogens (primary N) is 1. The number of nitrogens with zero attached hydrogens (tertiary/aromatic N) is 2. The molecular weight excluding hydrogens is 326 g/mol. The number of hydrogen-bond acceptors (Lipinski definition) is 5. The zero-order valence-electron chi connectivity index (χ0n) is 14.4. The van der Waals surface area contributed by atoms with Gasteiger partial charge in [-0.2, -0.15) is 0 Å². The highest BCUT2D eigenvalue weighted by molar-refractivity contribution is 6.00. The summed E-state index contributed by atoms with van der Waals surface area (Å²) in [7, 11) is 0. The van der Waals surface area contributed by atoms with Crippen LogP contribution in [0.25, 0.3) is 0 Å². The molecule has 3 rings (SSSR count). The summed E-state index contributed by atoms with van der Waals surface area (Å²) in [6.07, 6.45) is 0.0352. The number of nitrogens with one attached hydrogen (secondary N) is 2. The third-order valence-corrected chi connectivity index (χ3v) is 5.54. The molecule has 0 bridgehead atoms. The predicted molar refractivity (Wildman–Crippen MR) is 89.5 cm³/mol. The molecule has 9 nitrogen and oxygen atoms in total. The number of carboxylic acids is 1. The zero-order valence-corrected chi connectivity index (χ0v) is 14.4. The molecule has 3 aliphatic heterocycles. The normalized spacial score (nSPS) is 33.2. The Balaban J connectivity index is 1.77. The zero-order chi connectivity index (χ0) is 18.5. The van der Waals surface area contributed by atoms with Gasteiger partial charge in [0.1, 0.15) is 5.70 Å². The number of carbonyl (C=O) groups is 2. The van der Waals surface area contributed by atoms with Gasteiger partial charge in [0.15, 0.2) is 5.96 Å². The Kier molecular flexibility index (Phi) is 4.46. The van der Waals surface area contributed by atoms with Crippen molar-refractivity contribution in [3.05, 3.63) is 11.3 Å². The minimum Gasteiger partial charge on any atom is -0.477 e. The summed E-state index contributed by atoms with van der Waals surface area (Å²) < 4.78 is 0. The van der Waals surface area contributed by atoms with Gasteiger partial charge in [0, 0.05) is 31.6 Å². The average Bonchev–Trinajstić information content (AvgIpc) is 3.01. The monoisotopic (exact) mass is 351 g/mol. The second-order valence-corrected chi connectivity index (χ2v) is 7.21. The fraction of sp³-hybridized carbons (Fsp3) is 0.688. The van der Waals surface area contributed by atoms with Gasteiger partial charge in [-0.25, -0.2) is 4.79 Å². The van der Waals surface area contributed by atoms with Crippen LogP contribution in [-0.2, 0) is 9.59 Å². The highest BCUT2D eigenvalue weighted by Gasteiger charge is 2.59. The van der Waals surface area contributed by atoms with Crippen LogP contribution in [0.4, 0.5) is 0 Å². The lowest BCUT2D eigenvalue weighted by atomic mass is 9.77. The van der Waals surface area contributed by atoms with Crippen LogP contribution >= 0.6 is 0 Å². The summed E-state index contributed by atoms with van der Waals surface area (Å²) in [5.74, 6) is -2.12. The molecule has 25 heavy (non-hydrogen) atoms. The fourth-order valence-electron chi connectivity index (χ4n) is 4.41. The number of carbonyl (C=O) groups excluding carboxylic acids is 1. The van der Waals surface area contributed by atoms with E-state index in [0.717, 1.165) is 18.5 Å². The Morgan fingerprint density at radius 3 is 2.76 bits per heavy atom. The van der Waals surface area contributed by atoms with Crippen molar-refractivity contribution in [1.29, 1.82) is 5.41 Å². The van der Waals surface area contributed by atoms with Gasteiger partial charge in [-0.3, -0.25) is 15.1 Å². The number of carboxylic acid groups (broad SMARTS) is 1. The van der Waals surface area contributed by atoms with Crippen LogP contribution in [-0.4, -0.2) is 75.7 Å². The molecule has 5 atom stereocenters. The lowest BCUT2D eigenvalue weighted by Crippen LogP contribution is -2.63. The fourth-order valence-corrected chi connectivity index (χ4v) is 4.41. The highest BCUT2D eigenvalue weighted by atomic mass is 16.4. The van der Waals surface area contributed by atoms with Gasteiger partial charge in [-0.1, -0.05) is 6.92 Å². The maximum atomic E-state index is 12.3. The van der Waals surface area contributed by atoms with Crippen molar-refractivity contribution in [2.75, 3.05) is 19.6 Å². The molecule has 9 heteroatoms. The number of aliphatic hydroxyl groups excluding tert-OH is 1. The number of aliphatic hydroxyl groups is 1. The number of rotatable bonds is 5. The van der Waals surface area contributed by atoms with Gasteiger partial charge in [0.25, 0.3) is 0 Å². The first-order valence-corrected chi connectivity index (χ1v) is 8.52. The molecule has 0 aliphatic carbocycles. The van der Waals surface area contributed by atoms with Gasteiger partial charge in [-0.05, 0) is 18.9 Å². The Morgan fingerprint density at radius 1 is 1.52 bits per heavy atom. The molecule has 3 heterocycles. The van der Waals surface area contributed by atoms with E-state index in [4.69, 9.17) is 11.1 Å². The van der Waals surface area contributed by atoms with Gasteiger partial charge in [0.2, 0.25) is 5.91 Å². The molecule has 0 saturated carbocycles. The van der Waals surface area contributed by atoms with E-state index in [9.17, 15) is 19.8 Å². The standard InChI is InChI=1S/C16H25N5O4/c1-7-10(6-20-4-3-9(5-20)19-16(17)18)13(15(24)25)21-12(7)11(8(2)22)14(21)23/h7-9,11-12,22H,3-6H2,1-2H3,(H,24,25)(H4,17,18,19)/t7?,8-,9?,11?,12?/m1/s1. The van der Waals surface area contributed by atoms with E-state index < -0.39 is 18.0 Å². The first-order chi connectivity index (χ1) is 11.7. The van der Waals surface area contributed by atoms with Crippen molar-refractivity contribution in [3.8, 4) is 0 Å². The first kappa shape index (κ1) is 17.7. The predicted octanol–water partition coefficient (Wildman–Crippen LogP) is -1.26. The summed E-state index contributed by atoms with van der Waals surface area (Å²) in [5.41, 5.74) is 6.17. The molecule has 0 spiro atoms. The van der Waals surface area contributed by atoms with Gasteiger partial charge >= 0.3 is 5.97 Å². The Hall–Kier alpha value is -2.13. The molecule has 0 aromatic heterocycles. The minimum absolute atomic E-state index is 0.0685. The molecule has 138 valence electrons. The van der Waals surface area contributed by atoms with E-state index in [1.807, 2.05) is 6.92 Å². The topological polar surface area (TPSA) is 143 Å². The number of guanidine groups is 1. The maximum Gasteiger partial charge on any atom is 0.352 e. The number of fused-ring (bicyclic) bond motifs is 1. The quantitative estimate of drug-likeness (QED) is 0.236. The third-order valence-electron chi connectivity index (χ3n) is 5.54. The highest BCUT2D eigenvalue weighted by Crippen LogP contribution is 2.47. The van der Waals surface area contributed by atoms with Gasteiger partial charge in [-0.15, -0.1) is 0 Å². The first-order valence-electron chi connectivity index (χ1n) is 8.52. The van der Waals surface area contributed by atoms with E-state index in [1.165, 1.54) is 4.90 Å². The molecular formula is C16H25N5O4. The van der Waals surface area contributed by atoms with Crippen LogP contribution in [0.2, 0.25) is 0 Å². The third kappa shape index (κ3) is 2.87. The minimum atomic E-state index is -1.10. The van der Waals surface area contributed by atoms with Crippen molar-refractivity contribution < 1.29 is 19.8 Å². The van der Waals surface area contributed by atoms with Crippen LogP contribution in [0.1, 0.15) is 20.3 Å². The largest absolute Gasteiger partial charge is 0.477 e. The number of β-lactam (4-membered cyclic amide) rings is 1. The van der Waals surface area contributed by atoms with Gasteiger partial charge in [0.05, 0.1) is 18.1 Å².